The maximum atomic E-state index is 11.7. The second-order valence-electron chi connectivity index (χ2n) is 3.05. The molecule has 6 nitrogen and oxygen atoms in total. The molecule has 0 spiro atoms. The molecule has 0 aliphatic rings. The first-order valence-electron chi connectivity index (χ1n) is 4.50. The third-order valence-corrected chi connectivity index (χ3v) is 2.62. The molecule has 2 aromatic rings. The molecule has 0 radical (unpaired) electrons. The van der Waals surface area contributed by atoms with Crippen LogP contribution in [0.5, 0.6) is 0 Å². The Labute approximate surface area is 106 Å². The summed E-state index contributed by atoms with van der Waals surface area (Å²) in [6.45, 7) is 0. The summed E-state index contributed by atoms with van der Waals surface area (Å²) in [6.07, 6.45) is 1.25. The van der Waals surface area contributed by atoms with E-state index in [2.05, 4.69) is 15.4 Å². The lowest BCUT2D eigenvalue weighted by molar-refractivity contribution is 0.859. The number of hydrogen-bond donors (Lipinski definition) is 2. The van der Waals surface area contributed by atoms with Gasteiger partial charge in [-0.15, -0.1) is 0 Å². The van der Waals surface area contributed by atoms with E-state index in [1.165, 1.54) is 6.33 Å². The highest BCUT2D eigenvalue weighted by Crippen LogP contribution is 2.26. The molecule has 1 aromatic carbocycles. The Morgan fingerprint density at radius 3 is 2.47 bits per heavy atom. The number of para-hydroxylation sites is 1. The first kappa shape index (κ1) is 11.8. The van der Waals surface area contributed by atoms with Gasteiger partial charge in [-0.1, -0.05) is 29.3 Å². The highest BCUT2D eigenvalue weighted by atomic mass is 35.5. The Balaban J connectivity index is 2.65. The first-order chi connectivity index (χ1) is 8.13. The lowest BCUT2D eigenvalue weighted by Gasteiger charge is -2.08. The lowest BCUT2D eigenvalue weighted by Crippen LogP contribution is -2.25. The molecule has 8 heteroatoms. The highest BCUT2D eigenvalue weighted by molar-refractivity contribution is 6.37. The molecule has 0 unspecified atom stereocenters. The van der Waals surface area contributed by atoms with Crippen LogP contribution < -0.4 is 17.0 Å². The second-order valence-corrected chi connectivity index (χ2v) is 3.86. The summed E-state index contributed by atoms with van der Waals surface area (Å²) >= 11 is 11.9. The smallest absolute Gasteiger partial charge is 0.292 e. The molecule has 1 heterocycles. The maximum Gasteiger partial charge on any atom is 0.356 e. The second kappa shape index (κ2) is 4.70. The molecule has 88 valence electrons. The van der Waals surface area contributed by atoms with Crippen LogP contribution in [0.25, 0.3) is 5.69 Å². The predicted octanol–water partition coefficient (Wildman–Crippen LogP) is 1.22. The number of nitrogens with one attached hydrogen (secondary N) is 1. The van der Waals surface area contributed by atoms with Crippen molar-refractivity contribution < 1.29 is 0 Å². The van der Waals surface area contributed by atoms with Crippen LogP contribution in [-0.2, 0) is 0 Å². The van der Waals surface area contributed by atoms with Crippen LogP contribution >= 0.6 is 23.2 Å². The van der Waals surface area contributed by atoms with Gasteiger partial charge < -0.3 is 0 Å². The average Bonchev–Trinajstić information content (AvgIpc) is 2.30. The summed E-state index contributed by atoms with van der Waals surface area (Å²) < 4.78 is 1.14. The number of benzene rings is 1. The van der Waals surface area contributed by atoms with Crippen LogP contribution in [-0.4, -0.2) is 14.5 Å². The van der Waals surface area contributed by atoms with Crippen molar-refractivity contribution in [3.05, 3.63) is 45.1 Å². The number of halogens is 2. The van der Waals surface area contributed by atoms with E-state index in [4.69, 9.17) is 29.0 Å². The zero-order valence-electron chi connectivity index (χ0n) is 8.39. The number of nitrogens with zero attached hydrogens (tertiary/aromatic N) is 3. The minimum atomic E-state index is -0.581. The average molecular weight is 272 g/mol. The monoisotopic (exact) mass is 271 g/mol. The van der Waals surface area contributed by atoms with E-state index < -0.39 is 5.69 Å². The van der Waals surface area contributed by atoms with Crippen molar-refractivity contribution in [3.63, 3.8) is 0 Å². The topological polar surface area (TPSA) is 85.8 Å². The van der Waals surface area contributed by atoms with Crippen molar-refractivity contribution in [2.45, 2.75) is 0 Å². The normalized spacial score (nSPS) is 10.3. The number of nitrogens with two attached hydrogens (primary N) is 1. The highest BCUT2D eigenvalue weighted by Gasteiger charge is 2.10. The van der Waals surface area contributed by atoms with Crippen LogP contribution in [0.3, 0.4) is 0 Å². The summed E-state index contributed by atoms with van der Waals surface area (Å²) in [5.41, 5.74) is 1.93. The molecule has 0 aliphatic carbocycles. The lowest BCUT2D eigenvalue weighted by atomic mass is 10.3. The molecule has 3 N–H and O–H groups in total. The van der Waals surface area contributed by atoms with Gasteiger partial charge in [0.1, 0.15) is 6.33 Å². The number of hydrazine groups is 1. The van der Waals surface area contributed by atoms with Crippen molar-refractivity contribution in [1.29, 1.82) is 0 Å². The van der Waals surface area contributed by atoms with Gasteiger partial charge in [0.15, 0.2) is 0 Å². The molecule has 17 heavy (non-hydrogen) atoms. The van der Waals surface area contributed by atoms with Crippen LogP contribution in [0.1, 0.15) is 0 Å². The summed E-state index contributed by atoms with van der Waals surface area (Å²) in [4.78, 5) is 19.1. The van der Waals surface area contributed by atoms with Crippen LogP contribution in [0, 0.1) is 0 Å². The first-order valence-corrected chi connectivity index (χ1v) is 5.26. The zero-order chi connectivity index (χ0) is 12.4. The van der Waals surface area contributed by atoms with E-state index in [0.29, 0.717) is 15.7 Å². The van der Waals surface area contributed by atoms with Gasteiger partial charge in [0.2, 0.25) is 5.95 Å². The molecular weight excluding hydrogens is 265 g/mol. The number of rotatable bonds is 2. The van der Waals surface area contributed by atoms with Crippen LogP contribution in [0.2, 0.25) is 10.0 Å². The Bertz CT molecular complexity index is 592. The molecule has 2 rings (SSSR count). The fraction of sp³-hybridized carbons (Fsp3) is 0. The summed E-state index contributed by atoms with van der Waals surface area (Å²) in [6, 6.07) is 4.91. The molecule has 0 fully saturated rings. The van der Waals surface area contributed by atoms with Gasteiger partial charge in [-0.3, -0.25) is 5.43 Å². The zero-order valence-corrected chi connectivity index (χ0v) is 9.90. The minimum Gasteiger partial charge on any atom is -0.292 e. The molecule has 0 amide bonds. The third-order valence-electron chi connectivity index (χ3n) is 2.01. The SMILES string of the molecule is NNc1ncn(-c2c(Cl)cccc2Cl)c(=O)n1. The largest absolute Gasteiger partial charge is 0.356 e. The Hall–Kier alpha value is -1.63. The molecule has 0 atom stereocenters. The quantitative estimate of drug-likeness (QED) is 0.634. The van der Waals surface area contributed by atoms with Gasteiger partial charge in [-0.05, 0) is 12.1 Å². The fourth-order valence-corrected chi connectivity index (χ4v) is 1.86. The van der Waals surface area contributed by atoms with E-state index in [0.717, 1.165) is 4.57 Å². The van der Waals surface area contributed by atoms with Crippen LogP contribution in [0.4, 0.5) is 5.95 Å². The number of hydrogen-bond acceptors (Lipinski definition) is 5. The summed E-state index contributed by atoms with van der Waals surface area (Å²) in [5.74, 6) is 5.11. The van der Waals surface area contributed by atoms with Crippen LogP contribution in [0.15, 0.2) is 29.3 Å². The van der Waals surface area contributed by atoms with Crippen molar-refractivity contribution in [3.8, 4) is 5.69 Å². The summed E-state index contributed by atoms with van der Waals surface area (Å²) in [5, 5.41) is 0.660. The van der Waals surface area contributed by atoms with Gasteiger partial charge >= 0.3 is 5.69 Å². The Kier molecular flexibility index (Phi) is 3.28. The molecule has 1 aromatic heterocycles. The Morgan fingerprint density at radius 2 is 1.94 bits per heavy atom. The fourth-order valence-electron chi connectivity index (χ4n) is 1.28. The van der Waals surface area contributed by atoms with E-state index in [9.17, 15) is 4.79 Å². The number of nitrogen functional groups attached to an aromatic ring is 1. The van der Waals surface area contributed by atoms with E-state index in [1.54, 1.807) is 18.2 Å². The van der Waals surface area contributed by atoms with Gasteiger partial charge in [0.05, 0.1) is 15.7 Å². The molecule has 0 bridgehead atoms. The minimum absolute atomic E-state index is 0.0226. The summed E-state index contributed by atoms with van der Waals surface area (Å²) in [7, 11) is 0. The van der Waals surface area contributed by atoms with Gasteiger partial charge in [0, 0.05) is 0 Å². The van der Waals surface area contributed by atoms with Crippen molar-refractivity contribution in [2.75, 3.05) is 5.43 Å². The maximum absolute atomic E-state index is 11.7. The number of anilines is 1. The molecular formula is C9H7Cl2N5O. The third kappa shape index (κ3) is 2.23. The van der Waals surface area contributed by atoms with Gasteiger partial charge in [-0.25, -0.2) is 20.2 Å². The van der Waals surface area contributed by atoms with Gasteiger partial charge in [-0.2, -0.15) is 4.98 Å². The van der Waals surface area contributed by atoms with E-state index in [-0.39, 0.29) is 5.95 Å². The molecule has 0 saturated carbocycles. The van der Waals surface area contributed by atoms with Gasteiger partial charge in [0.25, 0.3) is 0 Å². The number of aromatic nitrogens is 3. The van der Waals surface area contributed by atoms with E-state index in [1.807, 2.05) is 0 Å². The molecule has 0 saturated heterocycles. The Morgan fingerprint density at radius 1 is 1.29 bits per heavy atom. The van der Waals surface area contributed by atoms with Crippen molar-refractivity contribution in [1.82, 2.24) is 14.5 Å². The van der Waals surface area contributed by atoms with Crippen molar-refractivity contribution in [2.24, 2.45) is 5.84 Å². The standard InChI is InChI=1S/C9H7Cl2N5O/c10-5-2-1-3-6(11)7(5)16-4-13-8(15-12)14-9(16)17/h1-4H,12H2,(H,14,15,17). The predicted molar refractivity (Wildman–Crippen MR) is 65.5 cm³/mol. The van der Waals surface area contributed by atoms with E-state index >= 15 is 0 Å². The van der Waals surface area contributed by atoms with Crippen molar-refractivity contribution >= 4 is 29.2 Å². The molecule has 0 aliphatic heterocycles.